The van der Waals surface area contributed by atoms with Crippen molar-refractivity contribution < 1.29 is 0 Å². The zero-order chi connectivity index (χ0) is 12.1. The van der Waals surface area contributed by atoms with Crippen LogP contribution in [0, 0.1) is 6.92 Å². The van der Waals surface area contributed by atoms with Gasteiger partial charge in [0.2, 0.25) is 0 Å². The van der Waals surface area contributed by atoms with Crippen LogP contribution in [0.5, 0.6) is 0 Å². The summed E-state index contributed by atoms with van der Waals surface area (Å²) in [5.74, 6) is 0. The minimum absolute atomic E-state index is 0.857. The number of nitrogens with one attached hydrogen (secondary N) is 1. The van der Waals surface area contributed by atoms with Gasteiger partial charge < -0.3 is 5.32 Å². The molecule has 0 atom stereocenters. The standard InChI is InChI=1S/C14H17N3/c1-3-15-8-12-9-16-10-13(11(12)2)14-6-4-5-7-17-14/h4-7,9-10,15H,3,8H2,1-2H3. The van der Waals surface area contributed by atoms with Crippen molar-refractivity contribution in [3.63, 3.8) is 0 Å². The quantitative estimate of drug-likeness (QED) is 0.872. The first-order valence-corrected chi connectivity index (χ1v) is 5.88. The van der Waals surface area contributed by atoms with Gasteiger partial charge in [0.25, 0.3) is 0 Å². The highest BCUT2D eigenvalue weighted by Crippen LogP contribution is 2.22. The minimum atomic E-state index is 0.857. The van der Waals surface area contributed by atoms with Crippen molar-refractivity contribution in [2.75, 3.05) is 6.54 Å². The third-order valence-corrected chi connectivity index (χ3v) is 2.83. The second kappa shape index (κ2) is 5.55. The first-order chi connectivity index (χ1) is 8.33. The maximum atomic E-state index is 4.37. The van der Waals surface area contributed by atoms with E-state index in [1.807, 2.05) is 36.8 Å². The van der Waals surface area contributed by atoms with Crippen molar-refractivity contribution in [1.29, 1.82) is 0 Å². The molecule has 3 heteroatoms. The lowest BCUT2D eigenvalue weighted by molar-refractivity contribution is 0.721. The number of rotatable bonds is 4. The van der Waals surface area contributed by atoms with Gasteiger partial charge in [0.15, 0.2) is 0 Å². The zero-order valence-corrected chi connectivity index (χ0v) is 10.3. The summed E-state index contributed by atoms with van der Waals surface area (Å²) in [6, 6.07) is 5.94. The molecule has 0 spiro atoms. The SMILES string of the molecule is CCNCc1cncc(-c2ccccn2)c1C. The Bertz CT molecular complexity index is 480. The molecule has 2 aromatic heterocycles. The van der Waals surface area contributed by atoms with Crippen LogP contribution in [0.4, 0.5) is 0 Å². The number of hydrogen-bond acceptors (Lipinski definition) is 3. The van der Waals surface area contributed by atoms with E-state index in [0.717, 1.165) is 24.3 Å². The van der Waals surface area contributed by atoms with Gasteiger partial charge in [-0.15, -0.1) is 0 Å². The van der Waals surface area contributed by atoms with E-state index >= 15 is 0 Å². The number of nitrogens with zero attached hydrogens (tertiary/aromatic N) is 2. The Labute approximate surface area is 102 Å². The van der Waals surface area contributed by atoms with Gasteiger partial charge >= 0.3 is 0 Å². The van der Waals surface area contributed by atoms with Gasteiger partial charge in [-0.25, -0.2) is 0 Å². The molecule has 2 rings (SSSR count). The smallest absolute Gasteiger partial charge is 0.0720 e. The van der Waals surface area contributed by atoms with Gasteiger partial charge in [-0.3, -0.25) is 9.97 Å². The highest BCUT2D eigenvalue weighted by molar-refractivity contribution is 5.63. The minimum Gasteiger partial charge on any atom is -0.313 e. The Hall–Kier alpha value is -1.74. The molecule has 0 aromatic carbocycles. The van der Waals surface area contributed by atoms with Crippen molar-refractivity contribution >= 4 is 0 Å². The van der Waals surface area contributed by atoms with E-state index in [1.165, 1.54) is 11.1 Å². The summed E-state index contributed by atoms with van der Waals surface area (Å²) in [4.78, 5) is 8.67. The molecular weight excluding hydrogens is 210 g/mol. The molecule has 0 aliphatic carbocycles. The molecule has 2 aromatic rings. The van der Waals surface area contributed by atoms with Crippen molar-refractivity contribution in [1.82, 2.24) is 15.3 Å². The van der Waals surface area contributed by atoms with E-state index in [-0.39, 0.29) is 0 Å². The third kappa shape index (κ3) is 2.68. The Balaban J connectivity index is 2.36. The number of aromatic nitrogens is 2. The Morgan fingerprint density at radius 3 is 2.82 bits per heavy atom. The normalized spacial score (nSPS) is 10.5. The fourth-order valence-corrected chi connectivity index (χ4v) is 1.79. The summed E-state index contributed by atoms with van der Waals surface area (Å²) in [6.45, 7) is 6.05. The van der Waals surface area contributed by atoms with Crippen LogP contribution in [0.1, 0.15) is 18.1 Å². The molecule has 0 radical (unpaired) electrons. The predicted octanol–water partition coefficient (Wildman–Crippen LogP) is 2.56. The summed E-state index contributed by atoms with van der Waals surface area (Å²) < 4.78 is 0. The molecule has 0 saturated heterocycles. The van der Waals surface area contributed by atoms with Crippen molar-refractivity contribution in [2.45, 2.75) is 20.4 Å². The van der Waals surface area contributed by atoms with E-state index in [2.05, 4.69) is 29.1 Å². The van der Waals surface area contributed by atoms with E-state index in [1.54, 1.807) is 0 Å². The molecule has 0 unspecified atom stereocenters. The molecule has 3 nitrogen and oxygen atoms in total. The monoisotopic (exact) mass is 227 g/mol. The largest absolute Gasteiger partial charge is 0.313 e. The van der Waals surface area contributed by atoms with Gasteiger partial charge in [0.05, 0.1) is 5.69 Å². The number of pyridine rings is 2. The third-order valence-electron chi connectivity index (χ3n) is 2.83. The van der Waals surface area contributed by atoms with Crippen LogP contribution in [0.25, 0.3) is 11.3 Å². The lowest BCUT2D eigenvalue weighted by atomic mass is 10.0. The molecule has 0 saturated carbocycles. The molecule has 0 bridgehead atoms. The van der Waals surface area contributed by atoms with E-state index in [4.69, 9.17) is 0 Å². The molecule has 0 aliphatic rings. The van der Waals surface area contributed by atoms with Crippen LogP contribution in [-0.4, -0.2) is 16.5 Å². The van der Waals surface area contributed by atoms with Gasteiger partial charge in [-0.2, -0.15) is 0 Å². The zero-order valence-electron chi connectivity index (χ0n) is 10.3. The second-order valence-electron chi connectivity index (χ2n) is 3.97. The topological polar surface area (TPSA) is 37.8 Å². The molecule has 88 valence electrons. The van der Waals surface area contributed by atoms with E-state index in [9.17, 15) is 0 Å². The average Bonchev–Trinajstić information content (AvgIpc) is 2.39. The fourth-order valence-electron chi connectivity index (χ4n) is 1.79. The highest BCUT2D eigenvalue weighted by Gasteiger charge is 2.07. The van der Waals surface area contributed by atoms with Crippen LogP contribution < -0.4 is 5.32 Å². The first kappa shape index (κ1) is 11.7. The lowest BCUT2D eigenvalue weighted by Gasteiger charge is -2.10. The van der Waals surface area contributed by atoms with Gasteiger partial charge in [-0.05, 0) is 36.7 Å². The van der Waals surface area contributed by atoms with Crippen LogP contribution in [-0.2, 0) is 6.54 Å². The second-order valence-corrected chi connectivity index (χ2v) is 3.97. The summed E-state index contributed by atoms with van der Waals surface area (Å²) in [7, 11) is 0. The Morgan fingerprint density at radius 1 is 1.24 bits per heavy atom. The van der Waals surface area contributed by atoms with Gasteiger partial charge in [-0.1, -0.05) is 13.0 Å². The molecule has 17 heavy (non-hydrogen) atoms. The molecule has 0 aliphatic heterocycles. The van der Waals surface area contributed by atoms with Crippen LogP contribution >= 0.6 is 0 Å². The van der Waals surface area contributed by atoms with Crippen LogP contribution in [0.15, 0.2) is 36.8 Å². The van der Waals surface area contributed by atoms with Crippen molar-refractivity contribution in [3.8, 4) is 11.3 Å². The van der Waals surface area contributed by atoms with Gasteiger partial charge in [0.1, 0.15) is 0 Å². The number of hydrogen-bond donors (Lipinski definition) is 1. The average molecular weight is 227 g/mol. The molecule has 1 N–H and O–H groups in total. The van der Waals surface area contributed by atoms with Gasteiger partial charge in [0, 0.05) is 30.7 Å². The molecular formula is C14H17N3. The summed E-state index contributed by atoms with van der Waals surface area (Å²) in [5, 5.41) is 3.32. The fraction of sp³-hybridized carbons (Fsp3) is 0.286. The molecule has 0 amide bonds. The lowest BCUT2D eigenvalue weighted by Crippen LogP contribution is -2.13. The summed E-state index contributed by atoms with van der Waals surface area (Å²) in [6.07, 6.45) is 5.61. The highest BCUT2D eigenvalue weighted by atomic mass is 14.8. The molecule has 0 fully saturated rings. The maximum Gasteiger partial charge on any atom is 0.0720 e. The first-order valence-electron chi connectivity index (χ1n) is 5.88. The summed E-state index contributed by atoms with van der Waals surface area (Å²) in [5.41, 5.74) is 4.58. The summed E-state index contributed by atoms with van der Waals surface area (Å²) >= 11 is 0. The van der Waals surface area contributed by atoms with Crippen molar-refractivity contribution in [2.24, 2.45) is 0 Å². The maximum absolute atomic E-state index is 4.37. The van der Waals surface area contributed by atoms with E-state index in [0.29, 0.717) is 0 Å². The predicted molar refractivity (Wildman–Crippen MR) is 69.6 cm³/mol. The Kier molecular flexibility index (Phi) is 3.83. The van der Waals surface area contributed by atoms with Crippen LogP contribution in [0.2, 0.25) is 0 Å². The van der Waals surface area contributed by atoms with Crippen molar-refractivity contribution in [3.05, 3.63) is 47.9 Å². The Morgan fingerprint density at radius 2 is 2.12 bits per heavy atom. The van der Waals surface area contributed by atoms with Crippen LogP contribution in [0.3, 0.4) is 0 Å². The van der Waals surface area contributed by atoms with E-state index < -0.39 is 0 Å². The molecule has 2 heterocycles.